The fraction of sp³-hybridized carbons (Fsp3) is 0.115. The van der Waals surface area contributed by atoms with Crippen molar-refractivity contribution in [3.8, 4) is 23.2 Å². The molecule has 0 aliphatic heterocycles. The van der Waals surface area contributed by atoms with E-state index in [-0.39, 0.29) is 18.1 Å². The Balaban J connectivity index is 1.44. The maximum atomic E-state index is 13.3. The summed E-state index contributed by atoms with van der Waals surface area (Å²) in [6.45, 7) is 2.05. The van der Waals surface area contributed by atoms with Crippen LogP contribution in [0.2, 0.25) is 0 Å². The van der Waals surface area contributed by atoms with Crippen molar-refractivity contribution in [2.75, 3.05) is 5.32 Å². The summed E-state index contributed by atoms with van der Waals surface area (Å²) in [4.78, 5) is 17.2. The molecule has 0 aliphatic rings. The summed E-state index contributed by atoms with van der Waals surface area (Å²) in [5, 5.41) is 12.1. The summed E-state index contributed by atoms with van der Waals surface area (Å²) in [6.07, 6.45) is 3.60. The topological polar surface area (TPSA) is 79.9 Å². The first-order valence-electron chi connectivity index (χ1n) is 10.3. The van der Waals surface area contributed by atoms with Crippen molar-refractivity contribution >= 4 is 11.6 Å². The molecule has 0 radical (unpaired) electrons. The predicted octanol–water partition coefficient (Wildman–Crippen LogP) is 5.24. The number of carbonyl (C=O) groups is 1. The molecule has 6 nitrogen and oxygen atoms in total. The van der Waals surface area contributed by atoms with Gasteiger partial charge in [-0.3, -0.25) is 4.79 Å². The number of hydrogen-bond acceptors (Lipinski definition) is 4. The standard InChI is InChI=1S/C26H21FN4O2/c1-17-3-4-19(25-29-11-12-31(25)2)14-24(17)30-26(32)18-6-9-23(10-7-18)33-16-20-5-8-22(27)13-21(20)15-28/h3-14H,16H2,1-2H3,(H,30,32). The highest BCUT2D eigenvalue weighted by atomic mass is 19.1. The van der Waals surface area contributed by atoms with Crippen LogP contribution in [-0.2, 0) is 13.7 Å². The number of benzene rings is 3. The third kappa shape index (κ3) is 4.91. The Morgan fingerprint density at radius 3 is 2.64 bits per heavy atom. The van der Waals surface area contributed by atoms with Gasteiger partial charge in [0.05, 0.1) is 11.6 Å². The summed E-state index contributed by atoms with van der Waals surface area (Å²) < 4.78 is 20.9. The van der Waals surface area contributed by atoms with Gasteiger partial charge in [-0.2, -0.15) is 5.26 Å². The number of ether oxygens (including phenoxy) is 1. The Bertz CT molecular complexity index is 1350. The molecule has 33 heavy (non-hydrogen) atoms. The molecular formula is C26H21FN4O2. The van der Waals surface area contributed by atoms with Gasteiger partial charge >= 0.3 is 0 Å². The van der Waals surface area contributed by atoms with E-state index in [9.17, 15) is 9.18 Å². The molecule has 7 heteroatoms. The number of anilines is 1. The maximum Gasteiger partial charge on any atom is 0.255 e. The Morgan fingerprint density at radius 2 is 1.94 bits per heavy atom. The molecule has 0 saturated heterocycles. The van der Waals surface area contributed by atoms with E-state index in [4.69, 9.17) is 10.00 Å². The van der Waals surface area contributed by atoms with Gasteiger partial charge in [0, 0.05) is 41.8 Å². The van der Waals surface area contributed by atoms with Crippen molar-refractivity contribution in [1.29, 1.82) is 5.26 Å². The molecule has 0 fully saturated rings. The molecule has 1 heterocycles. The Hall–Kier alpha value is -4.44. The van der Waals surface area contributed by atoms with Gasteiger partial charge < -0.3 is 14.6 Å². The normalized spacial score (nSPS) is 10.5. The Labute approximate surface area is 190 Å². The number of nitrogens with zero attached hydrogens (tertiary/aromatic N) is 3. The second-order valence-corrected chi connectivity index (χ2v) is 7.57. The Morgan fingerprint density at radius 1 is 1.15 bits per heavy atom. The van der Waals surface area contributed by atoms with Crippen LogP contribution in [0.3, 0.4) is 0 Å². The van der Waals surface area contributed by atoms with Crippen LogP contribution in [0.15, 0.2) is 73.1 Å². The van der Waals surface area contributed by atoms with Crippen LogP contribution in [-0.4, -0.2) is 15.5 Å². The molecule has 1 N–H and O–H groups in total. The minimum Gasteiger partial charge on any atom is -0.489 e. The lowest BCUT2D eigenvalue weighted by Crippen LogP contribution is -2.13. The first-order valence-corrected chi connectivity index (χ1v) is 10.3. The van der Waals surface area contributed by atoms with E-state index in [1.165, 1.54) is 18.2 Å². The molecule has 4 aromatic rings. The van der Waals surface area contributed by atoms with Gasteiger partial charge in [0.2, 0.25) is 0 Å². The lowest BCUT2D eigenvalue weighted by atomic mass is 10.1. The van der Waals surface area contributed by atoms with Crippen LogP contribution in [0.4, 0.5) is 10.1 Å². The van der Waals surface area contributed by atoms with Crippen molar-refractivity contribution in [1.82, 2.24) is 9.55 Å². The zero-order valence-electron chi connectivity index (χ0n) is 18.2. The lowest BCUT2D eigenvalue weighted by molar-refractivity contribution is 0.102. The minimum absolute atomic E-state index is 0.119. The van der Waals surface area contributed by atoms with Crippen LogP contribution < -0.4 is 10.1 Å². The average Bonchev–Trinajstić information content (AvgIpc) is 3.25. The van der Waals surface area contributed by atoms with Crippen LogP contribution >= 0.6 is 0 Å². The Kier molecular flexibility index (Phi) is 6.18. The smallest absolute Gasteiger partial charge is 0.255 e. The molecule has 1 amide bonds. The molecule has 0 spiro atoms. The van der Waals surface area contributed by atoms with E-state index in [2.05, 4.69) is 10.3 Å². The van der Waals surface area contributed by atoms with Crippen LogP contribution in [0, 0.1) is 24.1 Å². The third-order valence-electron chi connectivity index (χ3n) is 5.27. The van der Waals surface area contributed by atoms with E-state index in [0.29, 0.717) is 22.6 Å². The van der Waals surface area contributed by atoms with Gasteiger partial charge in [0.15, 0.2) is 0 Å². The molecule has 164 valence electrons. The molecule has 0 atom stereocenters. The molecule has 1 aromatic heterocycles. The van der Waals surface area contributed by atoms with Crippen molar-refractivity contribution < 1.29 is 13.9 Å². The maximum absolute atomic E-state index is 13.3. The summed E-state index contributed by atoms with van der Waals surface area (Å²) in [6, 6.07) is 18.5. The van der Waals surface area contributed by atoms with Crippen molar-refractivity contribution in [3.63, 3.8) is 0 Å². The quantitative estimate of drug-likeness (QED) is 0.445. The van der Waals surface area contributed by atoms with Crippen LogP contribution in [0.5, 0.6) is 5.75 Å². The van der Waals surface area contributed by atoms with Gasteiger partial charge in [-0.05, 0) is 55.0 Å². The monoisotopic (exact) mass is 440 g/mol. The fourth-order valence-corrected chi connectivity index (χ4v) is 3.38. The summed E-state index contributed by atoms with van der Waals surface area (Å²) in [7, 11) is 1.92. The van der Waals surface area contributed by atoms with Crippen LogP contribution in [0.1, 0.15) is 27.0 Å². The van der Waals surface area contributed by atoms with Crippen LogP contribution in [0.25, 0.3) is 11.4 Å². The number of imidazole rings is 1. The second kappa shape index (κ2) is 9.37. The number of rotatable bonds is 6. The third-order valence-corrected chi connectivity index (χ3v) is 5.27. The number of nitriles is 1. The number of amides is 1. The molecule has 4 rings (SSSR count). The SMILES string of the molecule is Cc1ccc(-c2nccn2C)cc1NC(=O)c1ccc(OCc2ccc(F)cc2C#N)cc1. The van der Waals surface area contributed by atoms with Crippen molar-refractivity contribution in [2.45, 2.75) is 13.5 Å². The second-order valence-electron chi connectivity index (χ2n) is 7.57. The van der Waals surface area contributed by atoms with Gasteiger partial charge in [-0.25, -0.2) is 9.37 Å². The van der Waals surface area contributed by atoms with Gasteiger partial charge in [0.1, 0.15) is 24.0 Å². The molecule has 0 saturated carbocycles. The summed E-state index contributed by atoms with van der Waals surface area (Å²) >= 11 is 0. The summed E-state index contributed by atoms with van der Waals surface area (Å²) in [5.41, 5.74) is 3.85. The highest BCUT2D eigenvalue weighted by molar-refractivity contribution is 6.05. The van der Waals surface area contributed by atoms with Crippen molar-refractivity contribution in [3.05, 3.63) is 101 Å². The minimum atomic E-state index is -0.466. The van der Waals surface area contributed by atoms with Gasteiger partial charge in [-0.15, -0.1) is 0 Å². The number of carbonyl (C=O) groups excluding carboxylic acids is 1. The molecular weight excluding hydrogens is 419 g/mol. The average molecular weight is 440 g/mol. The lowest BCUT2D eigenvalue weighted by Gasteiger charge is -2.12. The zero-order valence-corrected chi connectivity index (χ0v) is 18.2. The number of halogens is 1. The highest BCUT2D eigenvalue weighted by Gasteiger charge is 2.11. The number of hydrogen-bond donors (Lipinski definition) is 1. The van der Waals surface area contributed by atoms with E-state index in [0.717, 1.165) is 17.0 Å². The van der Waals surface area contributed by atoms with E-state index < -0.39 is 5.82 Å². The molecule has 0 unspecified atom stereocenters. The first-order chi connectivity index (χ1) is 15.9. The largest absolute Gasteiger partial charge is 0.489 e. The first kappa shape index (κ1) is 21.8. The highest BCUT2D eigenvalue weighted by Crippen LogP contribution is 2.25. The predicted molar refractivity (Wildman–Crippen MR) is 123 cm³/mol. The summed E-state index contributed by atoms with van der Waals surface area (Å²) in [5.74, 6) is 0.638. The van der Waals surface area contributed by atoms with E-state index in [1.807, 2.05) is 49.0 Å². The molecule has 0 bridgehead atoms. The fourth-order valence-electron chi connectivity index (χ4n) is 3.38. The molecule has 0 aliphatic carbocycles. The van der Waals surface area contributed by atoms with E-state index >= 15 is 0 Å². The van der Waals surface area contributed by atoms with Gasteiger partial charge in [0.25, 0.3) is 5.91 Å². The molecule has 3 aromatic carbocycles. The van der Waals surface area contributed by atoms with Gasteiger partial charge in [-0.1, -0.05) is 18.2 Å². The zero-order chi connectivity index (χ0) is 23.4. The number of aromatic nitrogens is 2. The van der Waals surface area contributed by atoms with Crippen molar-refractivity contribution in [2.24, 2.45) is 7.05 Å². The number of nitrogens with one attached hydrogen (secondary N) is 1. The van der Waals surface area contributed by atoms with E-state index in [1.54, 1.807) is 30.5 Å². The number of aryl methyl sites for hydroxylation is 2.